The summed E-state index contributed by atoms with van der Waals surface area (Å²) in [6, 6.07) is 13.4. The van der Waals surface area contributed by atoms with Crippen LogP contribution < -0.4 is 15.5 Å². The quantitative estimate of drug-likeness (QED) is 0.831. The number of nitrogens with one attached hydrogen (secondary N) is 2. The number of hydrogen-bond acceptors (Lipinski definition) is 5. The molecule has 2 N–H and O–H groups in total. The number of thioether (sulfide) groups is 1. The van der Waals surface area contributed by atoms with Crippen LogP contribution in [0.4, 0.5) is 17.1 Å². The summed E-state index contributed by atoms with van der Waals surface area (Å²) >= 11 is 1.49. The van der Waals surface area contributed by atoms with Gasteiger partial charge in [-0.3, -0.25) is 9.59 Å². The number of amides is 2. The molecule has 2 aromatic carbocycles. The Labute approximate surface area is 169 Å². The van der Waals surface area contributed by atoms with Crippen LogP contribution in [-0.2, 0) is 4.79 Å². The van der Waals surface area contributed by atoms with Crippen molar-refractivity contribution in [3.05, 3.63) is 48.0 Å². The average Bonchev–Trinajstić information content (AvgIpc) is 2.74. The Bertz CT molecular complexity index is 876. The van der Waals surface area contributed by atoms with E-state index >= 15 is 0 Å². The predicted molar refractivity (Wildman–Crippen MR) is 115 cm³/mol. The molecule has 4 rings (SSSR count). The van der Waals surface area contributed by atoms with Crippen molar-refractivity contribution in [2.75, 3.05) is 54.0 Å². The minimum atomic E-state index is -0.183. The molecule has 0 aromatic heterocycles. The molecule has 2 amide bonds. The molecule has 0 aliphatic carbocycles. The van der Waals surface area contributed by atoms with Gasteiger partial charge < -0.3 is 20.4 Å². The lowest BCUT2D eigenvalue weighted by atomic mass is 10.1. The van der Waals surface area contributed by atoms with E-state index in [9.17, 15) is 9.59 Å². The molecule has 1 saturated heterocycles. The highest BCUT2D eigenvalue weighted by Gasteiger charge is 2.18. The van der Waals surface area contributed by atoms with Crippen LogP contribution in [0, 0.1) is 0 Å². The zero-order valence-corrected chi connectivity index (χ0v) is 16.7. The molecule has 0 bridgehead atoms. The molecule has 2 heterocycles. The summed E-state index contributed by atoms with van der Waals surface area (Å²) in [5, 5.41) is 5.76. The zero-order chi connectivity index (χ0) is 19.5. The van der Waals surface area contributed by atoms with Crippen LogP contribution in [0.2, 0.25) is 0 Å². The summed E-state index contributed by atoms with van der Waals surface area (Å²) in [7, 11) is 0. The van der Waals surface area contributed by atoms with Gasteiger partial charge in [-0.25, -0.2) is 0 Å². The van der Waals surface area contributed by atoms with Crippen molar-refractivity contribution in [3.63, 3.8) is 0 Å². The molecule has 2 aliphatic heterocycles. The normalized spacial score (nSPS) is 17.0. The zero-order valence-electron chi connectivity index (χ0n) is 15.9. The number of anilines is 3. The van der Waals surface area contributed by atoms with Gasteiger partial charge >= 0.3 is 0 Å². The van der Waals surface area contributed by atoms with Crippen molar-refractivity contribution in [2.45, 2.75) is 11.8 Å². The molecule has 0 spiro atoms. The molecular weight excluding hydrogens is 372 g/mol. The molecule has 146 valence electrons. The maximum Gasteiger partial charge on any atom is 0.255 e. The molecule has 7 heteroatoms. The third-order valence-corrected chi connectivity index (χ3v) is 6.26. The van der Waals surface area contributed by atoms with E-state index in [2.05, 4.69) is 39.5 Å². The number of rotatable bonds is 4. The largest absolute Gasteiger partial charge is 0.369 e. The highest BCUT2D eigenvalue weighted by Crippen LogP contribution is 2.32. The number of carbonyl (C=O) groups is 2. The van der Waals surface area contributed by atoms with E-state index in [0.717, 1.165) is 43.3 Å². The molecule has 0 unspecified atom stereocenters. The Morgan fingerprint density at radius 3 is 2.57 bits per heavy atom. The second kappa shape index (κ2) is 8.24. The highest BCUT2D eigenvalue weighted by atomic mass is 32.2. The van der Waals surface area contributed by atoms with Crippen LogP contribution in [0.15, 0.2) is 47.4 Å². The van der Waals surface area contributed by atoms with Crippen molar-refractivity contribution < 1.29 is 9.59 Å². The maximum atomic E-state index is 12.6. The number of piperazine rings is 1. The molecule has 1 fully saturated rings. The first-order valence-corrected chi connectivity index (χ1v) is 10.6. The first-order valence-electron chi connectivity index (χ1n) is 9.58. The number of hydrogen-bond donors (Lipinski definition) is 2. The summed E-state index contributed by atoms with van der Waals surface area (Å²) in [4.78, 5) is 30.0. The van der Waals surface area contributed by atoms with Crippen molar-refractivity contribution in [1.82, 2.24) is 4.90 Å². The van der Waals surface area contributed by atoms with E-state index in [0.29, 0.717) is 17.0 Å². The van der Waals surface area contributed by atoms with Crippen LogP contribution in [-0.4, -0.2) is 55.2 Å². The molecule has 2 aliphatic rings. The van der Waals surface area contributed by atoms with Gasteiger partial charge in [-0.1, -0.05) is 6.92 Å². The summed E-state index contributed by atoms with van der Waals surface area (Å²) in [6.45, 7) is 7.52. The van der Waals surface area contributed by atoms with Crippen LogP contribution in [0.5, 0.6) is 0 Å². The Morgan fingerprint density at radius 1 is 1.11 bits per heavy atom. The first-order chi connectivity index (χ1) is 13.6. The number of likely N-dealkylation sites (N-methyl/N-ethyl adjacent to an activating group) is 1. The predicted octanol–water partition coefficient (Wildman–Crippen LogP) is 3.13. The van der Waals surface area contributed by atoms with Gasteiger partial charge in [0, 0.05) is 48.0 Å². The van der Waals surface area contributed by atoms with E-state index in [1.807, 2.05) is 18.2 Å². The topological polar surface area (TPSA) is 64.7 Å². The van der Waals surface area contributed by atoms with Crippen LogP contribution in [0.3, 0.4) is 0 Å². The third-order valence-electron chi connectivity index (χ3n) is 5.18. The van der Waals surface area contributed by atoms with Gasteiger partial charge in [0.05, 0.1) is 11.4 Å². The lowest BCUT2D eigenvalue weighted by Gasteiger charge is -2.35. The second-order valence-electron chi connectivity index (χ2n) is 6.97. The number of carbonyl (C=O) groups excluding carboxylic acids is 2. The van der Waals surface area contributed by atoms with Crippen LogP contribution in [0.25, 0.3) is 0 Å². The lowest BCUT2D eigenvalue weighted by molar-refractivity contribution is -0.113. The van der Waals surface area contributed by atoms with Crippen molar-refractivity contribution in [1.29, 1.82) is 0 Å². The monoisotopic (exact) mass is 396 g/mol. The highest BCUT2D eigenvalue weighted by molar-refractivity contribution is 8.00. The van der Waals surface area contributed by atoms with Gasteiger partial charge in [0.2, 0.25) is 5.91 Å². The van der Waals surface area contributed by atoms with E-state index in [4.69, 9.17) is 0 Å². The summed E-state index contributed by atoms with van der Waals surface area (Å²) in [5.41, 5.74) is 3.18. The minimum Gasteiger partial charge on any atom is -0.369 e. The lowest BCUT2D eigenvalue weighted by Crippen LogP contribution is -2.46. The number of nitrogens with zero attached hydrogens (tertiary/aromatic N) is 2. The Morgan fingerprint density at radius 2 is 1.86 bits per heavy atom. The number of benzene rings is 2. The van der Waals surface area contributed by atoms with Crippen molar-refractivity contribution in [2.24, 2.45) is 0 Å². The Hall–Kier alpha value is -2.51. The van der Waals surface area contributed by atoms with Gasteiger partial charge in [0.25, 0.3) is 5.91 Å². The van der Waals surface area contributed by atoms with E-state index < -0.39 is 0 Å². The maximum absolute atomic E-state index is 12.6. The molecule has 28 heavy (non-hydrogen) atoms. The second-order valence-corrected chi connectivity index (χ2v) is 7.99. The summed E-state index contributed by atoms with van der Waals surface area (Å²) in [5.74, 6) is 0.195. The van der Waals surface area contributed by atoms with Gasteiger partial charge in [-0.2, -0.15) is 0 Å². The van der Waals surface area contributed by atoms with Crippen LogP contribution in [0.1, 0.15) is 17.3 Å². The fourth-order valence-electron chi connectivity index (χ4n) is 3.51. The minimum absolute atomic E-state index is 0.0367. The van der Waals surface area contributed by atoms with Crippen LogP contribution >= 0.6 is 11.8 Å². The molecule has 2 aromatic rings. The molecule has 0 atom stereocenters. The van der Waals surface area contributed by atoms with Crippen molar-refractivity contribution >= 4 is 40.6 Å². The van der Waals surface area contributed by atoms with Gasteiger partial charge in [-0.05, 0) is 49.0 Å². The average molecular weight is 397 g/mol. The van der Waals surface area contributed by atoms with Gasteiger partial charge in [0.15, 0.2) is 0 Å². The van der Waals surface area contributed by atoms with Gasteiger partial charge in [0.1, 0.15) is 0 Å². The number of fused-ring (bicyclic) bond motifs is 1. The third kappa shape index (κ3) is 4.15. The fourth-order valence-corrected chi connectivity index (χ4v) is 4.29. The van der Waals surface area contributed by atoms with E-state index in [-0.39, 0.29) is 11.8 Å². The van der Waals surface area contributed by atoms with Crippen molar-refractivity contribution in [3.8, 4) is 0 Å². The molecular formula is C21H24N4O2S. The molecule has 0 saturated carbocycles. The van der Waals surface area contributed by atoms with E-state index in [1.165, 1.54) is 17.4 Å². The summed E-state index contributed by atoms with van der Waals surface area (Å²) in [6.07, 6.45) is 0. The first kappa shape index (κ1) is 18.8. The van der Waals surface area contributed by atoms with E-state index in [1.54, 1.807) is 12.1 Å². The smallest absolute Gasteiger partial charge is 0.255 e. The standard InChI is InChI=1S/C21H24N4O2S/c1-2-24-9-11-25(12-10-24)17-6-4-16(5-7-17)22-21(27)15-3-8-19-18(13-15)23-20(26)14-28-19/h3-8,13H,2,9-12,14H2,1H3,(H,22,27)(H,23,26). The van der Waals surface area contributed by atoms with Gasteiger partial charge in [-0.15, -0.1) is 11.8 Å². The Kier molecular flexibility index (Phi) is 5.54. The molecule has 0 radical (unpaired) electrons. The Balaban J connectivity index is 1.40. The summed E-state index contributed by atoms with van der Waals surface area (Å²) < 4.78 is 0. The SMILES string of the molecule is CCN1CCN(c2ccc(NC(=O)c3ccc4c(c3)NC(=O)CS4)cc2)CC1. The fraction of sp³-hybridized carbons (Fsp3) is 0.333. The molecule has 6 nitrogen and oxygen atoms in total.